The highest BCUT2D eigenvalue weighted by molar-refractivity contribution is 6.35. The lowest BCUT2D eigenvalue weighted by Gasteiger charge is -2.13. The van der Waals surface area contributed by atoms with Crippen LogP contribution in [0, 0.1) is 0 Å². The van der Waals surface area contributed by atoms with E-state index in [2.05, 4.69) is 11.9 Å². The maximum absolute atomic E-state index is 12.1. The third-order valence-corrected chi connectivity index (χ3v) is 5.08. The number of aromatic nitrogens is 1. The Kier molecular flexibility index (Phi) is 7.20. The Morgan fingerprint density at radius 2 is 1.60 bits per heavy atom. The van der Waals surface area contributed by atoms with Gasteiger partial charge in [-0.05, 0) is 23.1 Å². The number of hydrogen-bond acceptors (Lipinski definition) is 4. The minimum Gasteiger partial charge on any atom is -0.406 e. The van der Waals surface area contributed by atoms with Crippen LogP contribution in [0.3, 0.4) is 0 Å². The second-order valence-corrected chi connectivity index (χ2v) is 7.28. The van der Waals surface area contributed by atoms with E-state index in [-0.39, 0.29) is 22.9 Å². The molecule has 0 saturated heterocycles. The first-order valence-corrected chi connectivity index (χ1v) is 10.2. The van der Waals surface area contributed by atoms with E-state index < -0.39 is 11.9 Å². The number of carbonyl (C=O) groups is 2. The first kappa shape index (κ1) is 21.5. The lowest BCUT2D eigenvalue weighted by Crippen LogP contribution is -2.15. The Hall–Kier alpha value is -3.18. The van der Waals surface area contributed by atoms with Gasteiger partial charge < -0.3 is 10.5 Å². The monoisotopic (exact) mass is 422 g/mol. The molecule has 2 aromatic carbocycles. The maximum atomic E-state index is 12.1. The van der Waals surface area contributed by atoms with Crippen LogP contribution >= 0.6 is 11.6 Å². The average Bonchev–Trinajstić information content (AvgIpc) is 2.76. The Labute approximate surface area is 180 Å². The molecule has 1 aromatic heterocycles. The Balaban J connectivity index is 1.94. The number of nitrogens with two attached hydrogens (primary N) is 1. The van der Waals surface area contributed by atoms with Crippen molar-refractivity contribution < 1.29 is 14.3 Å². The van der Waals surface area contributed by atoms with Crippen LogP contribution in [-0.4, -0.2) is 16.9 Å². The van der Waals surface area contributed by atoms with Crippen LogP contribution in [0.1, 0.15) is 43.0 Å². The second-order valence-electron chi connectivity index (χ2n) is 6.90. The fraction of sp³-hybridized carbons (Fsp3) is 0.208. The predicted molar refractivity (Wildman–Crippen MR) is 118 cm³/mol. The number of ether oxygens (including phenoxy) is 1. The molecule has 0 bridgehead atoms. The van der Waals surface area contributed by atoms with E-state index in [4.69, 9.17) is 22.1 Å². The number of unbranched alkanes of at least 4 members (excludes halogenated alkanes) is 2. The highest BCUT2D eigenvalue weighted by Gasteiger charge is 2.21. The number of rotatable bonds is 8. The minimum absolute atomic E-state index is 0.0229. The molecule has 0 spiro atoms. The zero-order valence-corrected chi connectivity index (χ0v) is 17.5. The van der Waals surface area contributed by atoms with Crippen molar-refractivity contribution in [2.24, 2.45) is 5.73 Å². The molecule has 3 rings (SSSR count). The van der Waals surface area contributed by atoms with E-state index in [9.17, 15) is 9.59 Å². The average molecular weight is 423 g/mol. The number of amides is 1. The number of benzene rings is 2. The van der Waals surface area contributed by atoms with Crippen LogP contribution in [-0.2, 0) is 4.79 Å². The van der Waals surface area contributed by atoms with Gasteiger partial charge in [-0.2, -0.15) is 0 Å². The quantitative estimate of drug-likeness (QED) is 0.375. The maximum Gasteiger partial charge on any atom is 0.312 e. The highest BCUT2D eigenvalue weighted by atomic mass is 35.5. The molecule has 0 aliphatic rings. The molecular weight excluding hydrogens is 400 g/mol. The molecule has 0 atom stereocenters. The van der Waals surface area contributed by atoms with E-state index in [1.165, 1.54) is 6.20 Å². The molecule has 0 fully saturated rings. The number of carbonyl (C=O) groups excluding carboxylic acids is 2. The zero-order chi connectivity index (χ0) is 21.5. The summed E-state index contributed by atoms with van der Waals surface area (Å²) < 4.78 is 5.35. The normalized spacial score (nSPS) is 10.6. The van der Waals surface area contributed by atoms with Crippen LogP contribution in [0.4, 0.5) is 0 Å². The number of pyridine rings is 1. The lowest BCUT2D eigenvalue weighted by atomic mass is 9.98. The molecule has 154 valence electrons. The molecule has 0 aliphatic heterocycles. The largest absolute Gasteiger partial charge is 0.406 e. The standard InChI is InChI=1S/C24H23ClN2O3/c1-2-3-5-10-20(28)30-24-22(25)21(19(15-27-24)23(26)29)18-13-11-17(12-14-18)16-8-6-4-7-9-16/h4,6-9,11-15H,2-3,5,10H2,1H3,(H2,26,29). The highest BCUT2D eigenvalue weighted by Crippen LogP contribution is 2.37. The molecule has 0 radical (unpaired) electrons. The van der Waals surface area contributed by atoms with Gasteiger partial charge in [0.05, 0.1) is 5.56 Å². The topological polar surface area (TPSA) is 82.3 Å². The van der Waals surface area contributed by atoms with Gasteiger partial charge in [0.1, 0.15) is 5.02 Å². The summed E-state index contributed by atoms with van der Waals surface area (Å²) in [6.07, 6.45) is 4.26. The Morgan fingerprint density at radius 1 is 0.967 bits per heavy atom. The zero-order valence-electron chi connectivity index (χ0n) is 16.7. The van der Waals surface area contributed by atoms with Crippen molar-refractivity contribution >= 4 is 23.5 Å². The fourth-order valence-corrected chi connectivity index (χ4v) is 3.45. The van der Waals surface area contributed by atoms with Crippen LogP contribution in [0.25, 0.3) is 22.3 Å². The van der Waals surface area contributed by atoms with Crippen LogP contribution < -0.4 is 10.5 Å². The smallest absolute Gasteiger partial charge is 0.312 e. The summed E-state index contributed by atoms with van der Waals surface area (Å²) in [4.78, 5) is 28.1. The predicted octanol–water partition coefficient (Wildman–Crippen LogP) is 5.65. The van der Waals surface area contributed by atoms with E-state index in [0.29, 0.717) is 11.1 Å². The minimum atomic E-state index is -0.660. The van der Waals surface area contributed by atoms with Crippen molar-refractivity contribution in [3.05, 3.63) is 71.4 Å². The number of primary amides is 1. The van der Waals surface area contributed by atoms with Crippen LogP contribution in [0.5, 0.6) is 5.88 Å². The van der Waals surface area contributed by atoms with Crippen molar-refractivity contribution in [3.8, 4) is 28.1 Å². The first-order chi connectivity index (χ1) is 14.5. The van der Waals surface area contributed by atoms with Crippen molar-refractivity contribution in [1.29, 1.82) is 0 Å². The summed E-state index contributed by atoms with van der Waals surface area (Å²) >= 11 is 6.51. The van der Waals surface area contributed by atoms with E-state index in [1.54, 1.807) is 0 Å². The molecule has 0 aliphatic carbocycles. The number of hydrogen-bond donors (Lipinski definition) is 1. The van der Waals surface area contributed by atoms with Gasteiger partial charge in [-0.3, -0.25) is 9.59 Å². The van der Waals surface area contributed by atoms with Crippen molar-refractivity contribution in [1.82, 2.24) is 4.98 Å². The van der Waals surface area contributed by atoms with Crippen molar-refractivity contribution in [3.63, 3.8) is 0 Å². The summed E-state index contributed by atoms with van der Waals surface area (Å²) in [7, 11) is 0. The third kappa shape index (κ3) is 5.05. The number of esters is 1. The van der Waals surface area contributed by atoms with Crippen LogP contribution in [0.15, 0.2) is 60.8 Å². The number of halogens is 1. The Morgan fingerprint density at radius 3 is 2.23 bits per heavy atom. The Bertz CT molecular complexity index is 1030. The van der Waals surface area contributed by atoms with Crippen LogP contribution in [0.2, 0.25) is 5.02 Å². The van der Waals surface area contributed by atoms with Crippen molar-refractivity contribution in [2.75, 3.05) is 0 Å². The molecule has 2 N–H and O–H groups in total. The molecular formula is C24H23ClN2O3. The fourth-order valence-electron chi connectivity index (χ4n) is 3.15. The summed E-state index contributed by atoms with van der Waals surface area (Å²) in [6.45, 7) is 2.06. The van der Waals surface area contributed by atoms with E-state index in [1.807, 2.05) is 54.6 Å². The molecule has 3 aromatic rings. The van der Waals surface area contributed by atoms with Gasteiger partial charge in [0.2, 0.25) is 5.88 Å². The van der Waals surface area contributed by atoms with Gasteiger partial charge in [-0.25, -0.2) is 4.98 Å². The summed E-state index contributed by atoms with van der Waals surface area (Å²) in [5, 5.41) is 0.0857. The molecule has 30 heavy (non-hydrogen) atoms. The van der Waals surface area contributed by atoms with Gasteiger partial charge in [0.15, 0.2) is 0 Å². The molecule has 5 nitrogen and oxygen atoms in total. The first-order valence-electron chi connectivity index (χ1n) is 9.86. The van der Waals surface area contributed by atoms with E-state index in [0.717, 1.165) is 30.4 Å². The molecule has 6 heteroatoms. The second kappa shape index (κ2) is 10.0. The van der Waals surface area contributed by atoms with Gasteiger partial charge >= 0.3 is 5.97 Å². The summed E-state index contributed by atoms with van der Waals surface area (Å²) in [5.41, 5.74) is 8.86. The third-order valence-electron chi connectivity index (χ3n) is 4.73. The SMILES string of the molecule is CCCCCC(=O)Oc1ncc(C(N)=O)c(-c2ccc(-c3ccccc3)cc2)c1Cl. The van der Waals surface area contributed by atoms with Gasteiger partial charge in [-0.1, -0.05) is 86.0 Å². The van der Waals surface area contributed by atoms with Gasteiger partial charge in [-0.15, -0.1) is 0 Å². The lowest BCUT2D eigenvalue weighted by molar-refractivity contribution is -0.134. The molecule has 0 unspecified atom stereocenters. The van der Waals surface area contributed by atoms with Gasteiger partial charge in [0, 0.05) is 18.2 Å². The van der Waals surface area contributed by atoms with E-state index >= 15 is 0 Å². The summed E-state index contributed by atoms with van der Waals surface area (Å²) in [5.74, 6) is -1.09. The molecule has 1 amide bonds. The summed E-state index contributed by atoms with van der Waals surface area (Å²) in [6, 6.07) is 17.5. The van der Waals surface area contributed by atoms with Crippen molar-refractivity contribution in [2.45, 2.75) is 32.6 Å². The molecule has 1 heterocycles. The number of nitrogens with zero attached hydrogens (tertiary/aromatic N) is 1. The molecule has 0 saturated carbocycles. The van der Waals surface area contributed by atoms with Gasteiger partial charge in [0.25, 0.3) is 5.91 Å².